The van der Waals surface area contributed by atoms with Crippen molar-refractivity contribution in [3.05, 3.63) is 22.4 Å². The van der Waals surface area contributed by atoms with Crippen molar-refractivity contribution in [2.75, 3.05) is 6.61 Å². The summed E-state index contributed by atoms with van der Waals surface area (Å²) < 4.78 is 0. The molecule has 20 heavy (non-hydrogen) atoms. The number of carboxylic acids is 1. The van der Waals surface area contributed by atoms with E-state index in [1.165, 1.54) is 18.3 Å². The molecule has 110 valence electrons. The van der Waals surface area contributed by atoms with Crippen LogP contribution in [0.15, 0.2) is 17.5 Å². The molecule has 2 unspecified atom stereocenters. The lowest BCUT2D eigenvalue weighted by molar-refractivity contribution is -0.142. The molecule has 0 aliphatic carbocycles. The summed E-state index contributed by atoms with van der Waals surface area (Å²) in [5.74, 6) is -2.24. The average molecular weight is 300 g/mol. The van der Waals surface area contributed by atoms with Gasteiger partial charge >= 0.3 is 5.97 Å². The highest BCUT2D eigenvalue weighted by Crippen LogP contribution is 2.08. The fourth-order valence-electron chi connectivity index (χ4n) is 1.42. The number of aliphatic hydroxyl groups is 1. The molecule has 2 amide bonds. The molecule has 0 saturated carbocycles. The van der Waals surface area contributed by atoms with Crippen LogP contribution in [-0.4, -0.2) is 46.7 Å². The maximum Gasteiger partial charge on any atom is 0.326 e. The molecular weight excluding hydrogens is 284 g/mol. The Bertz CT molecular complexity index is 474. The Morgan fingerprint density at radius 2 is 2.05 bits per heavy atom. The maximum absolute atomic E-state index is 11.8. The number of amides is 2. The minimum atomic E-state index is -1.23. The first-order valence-corrected chi connectivity index (χ1v) is 6.82. The normalized spacial score (nSPS) is 13.3. The molecular formula is C12H16N2O5S. The topological polar surface area (TPSA) is 116 Å². The first-order valence-electron chi connectivity index (χ1n) is 5.94. The van der Waals surface area contributed by atoms with Crippen LogP contribution in [-0.2, 0) is 9.59 Å². The summed E-state index contributed by atoms with van der Waals surface area (Å²) >= 11 is 1.24. The summed E-state index contributed by atoms with van der Waals surface area (Å²) in [4.78, 5) is 34.8. The second-order valence-electron chi connectivity index (χ2n) is 4.08. The number of hydrogen-bond acceptors (Lipinski definition) is 5. The Morgan fingerprint density at radius 3 is 2.55 bits per heavy atom. The molecule has 1 aromatic heterocycles. The molecule has 0 aliphatic rings. The van der Waals surface area contributed by atoms with Crippen molar-refractivity contribution in [3.63, 3.8) is 0 Å². The van der Waals surface area contributed by atoms with E-state index in [0.29, 0.717) is 4.88 Å². The minimum Gasteiger partial charge on any atom is -0.480 e. The summed E-state index contributed by atoms with van der Waals surface area (Å²) in [7, 11) is 0. The van der Waals surface area contributed by atoms with Crippen LogP contribution in [0.5, 0.6) is 0 Å². The van der Waals surface area contributed by atoms with Crippen molar-refractivity contribution in [1.82, 2.24) is 10.6 Å². The monoisotopic (exact) mass is 300 g/mol. The number of carboxylic acid groups (broad SMARTS) is 1. The van der Waals surface area contributed by atoms with E-state index in [1.54, 1.807) is 17.5 Å². The van der Waals surface area contributed by atoms with Crippen molar-refractivity contribution in [1.29, 1.82) is 0 Å². The molecule has 0 aliphatic heterocycles. The highest BCUT2D eigenvalue weighted by Gasteiger charge is 2.23. The highest BCUT2D eigenvalue weighted by atomic mass is 32.1. The number of carbonyl (C=O) groups excluding carboxylic acids is 2. The summed E-state index contributed by atoms with van der Waals surface area (Å²) in [5, 5.41) is 24.0. The molecule has 2 atom stereocenters. The Hall–Kier alpha value is -1.93. The van der Waals surface area contributed by atoms with Crippen LogP contribution < -0.4 is 10.6 Å². The lowest BCUT2D eigenvalue weighted by atomic mass is 10.2. The Balaban J connectivity index is 2.54. The van der Waals surface area contributed by atoms with Crippen LogP contribution in [0, 0.1) is 0 Å². The quantitative estimate of drug-likeness (QED) is 0.557. The van der Waals surface area contributed by atoms with Crippen molar-refractivity contribution < 1.29 is 24.6 Å². The van der Waals surface area contributed by atoms with Crippen molar-refractivity contribution in [2.45, 2.75) is 25.4 Å². The van der Waals surface area contributed by atoms with Gasteiger partial charge in [0.25, 0.3) is 5.91 Å². The lowest BCUT2D eigenvalue weighted by Crippen LogP contribution is -2.50. The minimum absolute atomic E-state index is 0.0906. The van der Waals surface area contributed by atoms with E-state index in [1.807, 2.05) is 0 Å². The predicted octanol–water partition coefficient (Wildman–Crippen LogP) is -0.182. The zero-order valence-electron chi connectivity index (χ0n) is 10.8. The first-order chi connectivity index (χ1) is 9.45. The number of aliphatic hydroxyl groups excluding tert-OH is 1. The van der Waals surface area contributed by atoms with Gasteiger partial charge in [-0.15, -0.1) is 11.3 Å². The lowest BCUT2D eigenvalue weighted by Gasteiger charge is -2.17. The summed E-state index contributed by atoms with van der Waals surface area (Å²) in [6.07, 6.45) is -0.0906. The van der Waals surface area contributed by atoms with Gasteiger partial charge in [0.1, 0.15) is 12.1 Å². The summed E-state index contributed by atoms with van der Waals surface area (Å²) in [6.45, 7) is 1.10. The van der Waals surface area contributed by atoms with Gasteiger partial charge in [-0.3, -0.25) is 9.59 Å². The van der Waals surface area contributed by atoms with Gasteiger partial charge < -0.3 is 20.8 Å². The van der Waals surface area contributed by atoms with Crippen LogP contribution >= 0.6 is 11.3 Å². The molecule has 8 heteroatoms. The highest BCUT2D eigenvalue weighted by molar-refractivity contribution is 7.12. The first kappa shape index (κ1) is 16.1. The van der Waals surface area contributed by atoms with E-state index in [0.717, 1.165) is 0 Å². The molecule has 7 nitrogen and oxygen atoms in total. The standard InChI is InChI=1S/C12H16N2O5S/c1-7(13-11(17)9-3-2-6-20-9)10(16)14-8(4-5-15)12(18)19/h2-3,6-8,15H,4-5H2,1H3,(H,13,17)(H,14,16)(H,18,19). The predicted molar refractivity (Wildman–Crippen MR) is 72.5 cm³/mol. The number of carbonyl (C=O) groups is 3. The van der Waals surface area contributed by atoms with Gasteiger partial charge in [-0.1, -0.05) is 6.07 Å². The van der Waals surface area contributed by atoms with E-state index < -0.39 is 29.9 Å². The molecule has 0 fully saturated rings. The Kier molecular flexibility index (Phi) is 6.13. The molecule has 0 bridgehead atoms. The third-order valence-corrected chi connectivity index (χ3v) is 3.39. The van der Waals surface area contributed by atoms with E-state index in [9.17, 15) is 14.4 Å². The molecule has 4 N–H and O–H groups in total. The van der Waals surface area contributed by atoms with Gasteiger partial charge in [-0.25, -0.2) is 4.79 Å². The van der Waals surface area contributed by atoms with E-state index in [2.05, 4.69) is 10.6 Å². The largest absolute Gasteiger partial charge is 0.480 e. The fraction of sp³-hybridized carbons (Fsp3) is 0.417. The van der Waals surface area contributed by atoms with Gasteiger partial charge in [-0.2, -0.15) is 0 Å². The molecule has 1 aromatic rings. The second-order valence-corrected chi connectivity index (χ2v) is 5.03. The molecule has 0 radical (unpaired) electrons. The molecule has 0 spiro atoms. The van der Waals surface area contributed by atoms with E-state index in [-0.39, 0.29) is 13.0 Å². The van der Waals surface area contributed by atoms with Crippen molar-refractivity contribution in [2.24, 2.45) is 0 Å². The van der Waals surface area contributed by atoms with Crippen LogP contribution in [0.25, 0.3) is 0 Å². The summed E-state index contributed by atoms with van der Waals surface area (Å²) in [5.41, 5.74) is 0. The third kappa shape index (κ3) is 4.63. The molecule has 1 heterocycles. The van der Waals surface area contributed by atoms with Gasteiger partial charge in [0.15, 0.2) is 0 Å². The maximum atomic E-state index is 11.8. The number of hydrogen-bond donors (Lipinski definition) is 4. The van der Waals surface area contributed by atoms with Gasteiger partial charge in [0.2, 0.25) is 5.91 Å². The van der Waals surface area contributed by atoms with Gasteiger partial charge in [0.05, 0.1) is 4.88 Å². The Morgan fingerprint density at radius 1 is 1.35 bits per heavy atom. The van der Waals surface area contributed by atoms with Crippen LogP contribution in [0.4, 0.5) is 0 Å². The zero-order chi connectivity index (χ0) is 15.1. The van der Waals surface area contributed by atoms with Gasteiger partial charge in [0, 0.05) is 13.0 Å². The van der Waals surface area contributed by atoms with E-state index in [4.69, 9.17) is 10.2 Å². The molecule has 1 rings (SSSR count). The number of thiophene rings is 1. The van der Waals surface area contributed by atoms with Crippen LogP contribution in [0.1, 0.15) is 23.0 Å². The Labute approximate surface area is 119 Å². The molecule has 0 aromatic carbocycles. The van der Waals surface area contributed by atoms with E-state index >= 15 is 0 Å². The average Bonchev–Trinajstić information content (AvgIpc) is 2.91. The fourth-order valence-corrected chi connectivity index (χ4v) is 2.05. The third-order valence-electron chi connectivity index (χ3n) is 2.52. The van der Waals surface area contributed by atoms with Crippen LogP contribution in [0.2, 0.25) is 0 Å². The number of rotatable bonds is 7. The number of aliphatic carboxylic acids is 1. The summed E-state index contributed by atoms with van der Waals surface area (Å²) in [6, 6.07) is 1.29. The van der Waals surface area contributed by atoms with Crippen molar-refractivity contribution >= 4 is 29.1 Å². The smallest absolute Gasteiger partial charge is 0.326 e. The van der Waals surface area contributed by atoms with Crippen molar-refractivity contribution in [3.8, 4) is 0 Å². The molecule has 0 saturated heterocycles. The number of nitrogens with one attached hydrogen (secondary N) is 2. The SMILES string of the molecule is CC(NC(=O)c1cccs1)C(=O)NC(CCO)C(=O)O. The van der Waals surface area contributed by atoms with Crippen LogP contribution in [0.3, 0.4) is 0 Å². The second kappa shape index (κ2) is 7.61. The zero-order valence-corrected chi connectivity index (χ0v) is 11.6. The van der Waals surface area contributed by atoms with Gasteiger partial charge in [-0.05, 0) is 18.4 Å².